The van der Waals surface area contributed by atoms with Crippen molar-refractivity contribution < 1.29 is 23.2 Å². The lowest BCUT2D eigenvalue weighted by Crippen LogP contribution is -2.32. The summed E-state index contributed by atoms with van der Waals surface area (Å²) in [5.74, 6) is -0.745. The zero-order valence-corrected chi connectivity index (χ0v) is 19.0. The van der Waals surface area contributed by atoms with Crippen LogP contribution in [0.2, 0.25) is 0 Å². The lowest BCUT2D eigenvalue weighted by Gasteiger charge is -2.12. The maximum Gasteiger partial charge on any atom is 0.278 e. The van der Waals surface area contributed by atoms with Crippen LogP contribution in [0.25, 0.3) is 11.3 Å². The molecule has 9 heteroatoms. The number of hydrogen-bond donors (Lipinski definition) is 2. The van der Waals surface area contributed by atoms with Gasteiger partial charge in [0.25, 0.3) is 11.8 Å². The minimum atomic E-state index is -0.481. The molecule has 0 saturated carbocycles. The van der Waals surface area contributed by atoms with E-state index in [1.807, 2.05) is 0 Å². The minimum Gasteiger partial charge on any atom is -0.376 e. The number of benzene rings is 1. The molecule has 3 aromatic rings. The first-order valence-electron chi connectivity index (χ1n) is 11.1. The Hall–Kier alpha value is -3.04. The number of hydrogen-bond acceptors (Lipinski definition) is 6. The number of anilines is 1. The summed E-state index contributed by atoms with van der Waals surface area (Å²) in [7, 11) is 0. The van der Waals surface area contributed by atoms with E-state index in [-0.39, 0.29) is 23.5 Å². The number of nitrogens with zero attached hydrogens (tertiary/aromatic N) is 1. The van der Waals surface area contributed by atoms with Gasteiger partial charge in [0.05, 0.1) is 11.7 Å². The van der Waals surface area contributed by atoms with Crippen molar-refractivity contribution in [3.8, 4) is 11.3 Å². The van der Waals surface area contributed by atoms with Gasteiger partial charge in [0.2, 0.25) is 0 Å². The van der Waals surface area contributed by atoms with Crippen LogP contribution in [0.5, 0.6) is 0 Å². The Balaban J connectivity index is 1.34. The third-order valence-corrected chi connectivity index (χ3v) is 7.30. The molecule has 0 unspecified atom stereocenters. The third kappa shape index (κ3) is 4.43. The molecule has 0 bridgehead atoms. The number of thiophene rings is 1. The van der Waals surface area contributed by atoms with E-state index in [1.165, 1.54) is 23.5 Å². The topological polar surface area (TPSA) is 93.5 Å². The van der Waals surface area contributed by atoms with E-state index in [4.69, 9.17) is 9.26 Å². The van der Waals surface area contributed by atoms with Gasteiger partial charge in [0.15, 0.2) is 11.5 Å². The van der Waals surface area contributed by atoms with Crippen molar-refractivity contribution in [2.45, 2.75) is 45.1 Å². The summed E-state index contributed by atoms with van der Waals surface area (Å²) < 4.78 is 24.8. The van der Waals surface area contributed by atoms with Gasteiger partial charge in [-0.15, -0.1) is 11.3 Å². The fraction of sp³-hybridized carbons (Fsp3) is 0.375. The lowest BCUT2D eigenvalue weighted by molar-refractivity contribution is 0.0858. The van der Waals surface area contributed by atoms with Crippen LogP contribution in [0.15, 0.2) is 28.8 Å². The van der Waals surface area contributed by atoms with E-state index in [0.29, 0.717) is 34.0 Å². The molecular weight excluding hydrogens is 445 g/mol. The first kappa shape index (κ1) is 21.8. The van der Waals surface area contributed by atoms with Crippen molar-refractivity contribution in [3.05, 3.63) is 57.3 Å². The van der Waals surface area contributed by atoms with Gasteiger partial charge in [-0.25, -0.2) is 4.39 Å². The largest absolute Gasteiger partial charge is 0.376 e. The molecule has 7 nitrogen and oxygen atoms in total. The fourth-order valence-electron chi connectivity index (χ4n) is 4.26. The molecule has 1 fully saturated rings. The zero-order valence-electron chi connectivity index (χ0n) is 18.2. The average Bonchev–Trinajstić information content (AvgIpc) is 3.58. The Morgan fingerprint density at radius 2 is 2.09 bits per heavy atom. The number of nitrogens with one attached hydrogen (secondary N) is 2. The van der Waals surface area contributed by atoms with Gasteiger partial charge in [-0.05, 0) is 56.2 Å². The fourth-order valence-corrected chi connectivity index (χ4v) is 5.55. The molecule has 1 aliphatic heterocycles. The lowest BCUT2D eigenvalue weighted by atomic mass is 10.1. The van der Waals surface area contributed by atoms with Crippen LogP contribution >= 0.6 is 11.3 Å². The Bertz CT molecular complexity index is 1210. The summed E-state index contributed by atoms with van der Waals surface area (Å²) in [4.78, 5) is 27.1. The van der Waals surface area contributed by atoms with E-state index in [9.17, 15) is 14.0 Å². The first-order chi connectivity index (χ1) is 16.0. The monoisotopic (exact) mass is 469 g/mol. The van der Waals surface area contributed by atoms with Crippen LogP contribution in [0.1, 0.15) is 56.1 Å². The SMILES string of the molecule is Cc1ccc(-c2cc(C(=O)Nc3sc4c(c3C(=O)NC[C@@H]3CCCO3)CCC4)no2)cc1F. The highest BCUT2D eigenvalue weighted by atomic mass is 32.1. The highest BCUT2D eigenvalue weighted by molar-refractivity contribution is 7.17. The summed E-state index contributed by atoms with van der Waals surface area (Å²) in [5, 5.41) is 10.2. The van der Waals surface area contributed by atoms with Crippen LogP contribution in [0, 0.1) is 12.7 Å². The molecular formula is C24H24FN3O4S. The summed E-state index contributed by atoms with van der Waals surface area (Å²) >= 11 is 1.43. The minimum absolute atomic E-state index is 0.0406. The maximum absolute atomic E-state index is 13.9. The Morgan fingerprint density at radius 3 is 2.88 bits per heavy atom. The Kier molecular flexibility index (Phi) is 5.99. The van der Waals surface area contributed by atoms with Crippen LogP contribution in [0.3, 0.4) is 0 Å². The molecule has 2 amide bonds. The average molecular weight is 470 g/mol. The van der Waals surface area contributed by atoms with Crippen molar-refractivity contribution in [1.29, 1.82) is 0 Å². The van der Waals surface area contributed by atoms with Crippen molar-refractivity contribution in [2.24, 2.45) is 0 Å². The van der Waals surface area contributed by atoms with Crippen molar-refractivity contribution in [3.63, 3.8) is 0 Å². The molecule has 0 radical (unpaired) electrons. The molecule has 0 spiro atoms. The number of rotatable bonds is 6. The number of halogens is 1. The van der Waals surface area contributed by atoms with Crippen LogP contribution in [0.4, 0.5) is 9.39 Å². The Morgan fingerprint density at radius 1 is 1.21 bits per heavy atom. The molecule has 5 rings (SSSR count). The van der Waals surface area contributed by atoms with Gasteiger partial charge in [-0.2, -0.15) is 0 Å². The summed E-state index contributed by atoms with van der Waals surface area (Å²) in [6.07, 6.45) is 4.70. The number of aryl methyl sites for hydroxylation is 2. The predicted octanol–water partition coefficient (Wildman–Crippen LogP) is 4.50. The molecule has 2 aromatic heterocycles. The molecule has 1 saturated heterocycles. The second-order valence-electron chi connectivity index (χ2n) is 8.40. The van der Waals surface area contributed by atoms with Gasteiger partial charge < -0.3 is 19.9 Å². The normalized spacial score (nSPS) is 17.2. The van der Waals surface area contributed by atoms with Crippen molar-refractivity contribution >= 4 is 28.2 Å². The third-order valence-electron chi connectivity index (χ3n) is 6.09. The standard InChI is InChI=1S/C24H24FN3O4S/c1-13-7-8-14(10-17(13)25)19-11-18(28-32-19)22(29)27-24-21(16-5-2-6-20(16)33-24)23(30)26-12-15-4-3-9-31-15/h7-8,10-11,15H,2-6,9,12H2,1H3,(H,26,30)(H,27,29)/t15-/m0/s1. The number of carbonyl (C=O) groups is 2. The quantitative estimate of drug-likeness (QED) is 0.554. The van der Waals surface area contributed by atoms with E-state index >= 15 is 0 Å². The number of aromatic nitrogens is 1. The van der Waals surface area contributed by atoms with Crippen LogP contribution < -0.4 is 10.6 Å². The zero-order chi connectivity index (χ0) is 22.9. The summed E-state index contributed by atoms with van der Waals surface area (Å²) in [6.45, 7) is 2.85. The predicted molar refractivity (Wildman–Crippen MR) is 122 cm³/mol. The summed E-state index contributed by atoms with van der Waals surface area (Å²) in [5.41, 5.74) is 2.62. The van der Waals surface area contributed by atoms with Gasteiger partial charge in [0, 0.05) is 29.7 Å². The smallest absolute Gasteiger partial charge is 0.278 e. The first-order valence-corrected chi connectivity index (χ1v) is 11.9. The van der Waals surface area contributed by atoms with Crippen molar-refractivity contribution in [1.82, 2.24) is 10.5 Å². The van der Waals surface area contributed by atoms with Gasteiger partial charge in [0.1, 0.15) is 10.8 Å². The molecule has 33 heavy (non-hydrogen) atoms. The van der Waals surface area contributed by atoms with E-state index in [0.717, 1.165) is 49.2 Å². The highest BCUT2D eigenvalue weighted by Crippen LogP contribution is 2.39. The van der Waals surface area contributed by atoms with E-state index in [1.54, 1.807) is 19.1 Å². The summed E-state index contributed by atoms with van der Waals surface area (Å²) in [6, 6.07) is 6.17. The molecule has 1 atom stereocenters. The van der Waals surface area contributed by atoms with Crippen LogP contribution in [-0.4, -0.2) is 36.2 Å². The van der Waals surface area contributed by atoms with Gasteiger partial charge >= 0.3 is 0 Å². The van der Waals surface area contributed by atoms with E-state index in [2.05, 4.69) is 15.8 Å². The second kappa shape index (κ2) is 9.07. The number of amides is 2. The number of fused-ring (bicyclic) bond motifs is 1. The van der Waals surface area contributed by atoms with Crippen LogP contribution in [-0.2, 0) is 17.6 Å². The number of ether oxygens (including phenoxy) is 1. The molecule has 1 aromatic carbocycles. The molecule has 172 valence electrons. The Labute approximate surface area is 194 Å². The molecule has 3 heterocycles. The number of carbonyl (C=O) groups excluding carboxylic acids is 2. The maximum atomic E-state index is 13.9. The van der Waals surface area contributed by atoms with Crippen molar-refractivity contribution in [2.75, 3.05) is 18.5 Å². The van der Waals surface area contributed by atoms with E-state index < -0.39 is 5.91 Å². The second-order valence-corrected chi connectivity index (χ2v) is 9.51. The molecule has 2 N–H and O–H groups in total. The van der Waals surface area contributed by atoms with Gasteiger partial charge in [-0.1, -0.05) is 17.3 Å². The molecule has 1 aliphatic carbocycles. The molecule has 2 aliphatic rings. The van der Waals surface area contributed by atoms with Gasteiger partial charge in [-0.3, -0.25) is 9.59 Å². The highest BCUT2D eigenvalue weighted by Gasteiger charge is 2.29.